The van der Waals surface area contributed by atoms with Crippen molar-refractivity contribution in [3.8, 4) is 0 Å². The summed E-state index contributed by atoms with van der Waals surface area (Å²) in [5, 5.41) is 9.12. The van der Waals surface area contributed by atoms with E-state index in [-0.39, 0.29) is 23.3 Å². The van der Waals surface area contributed by atoms with Gasteiger partial charge in [0, 0.05) is 19.0 Å². The van der Waals surface area contributed by atoms with Crippen molar-refractivity contribution in [1.29, 1.82) is 0 Å². The van der Waals surface area contributed by atoms with Crippen molar-refractivity contribution in [2.24, 2.45) is 5.92 Å². The van der Waals surface area contributed by atoms with Crippen LogP contribution < -0.4 is 0 Å². The third-order valence-corrected chi connectivity index (χ3v) is 5.26. The first kappa shape index (κ1) is 16.7. The van der Waals surface area contributed by atoms with E-state index in [4.69, 9.17) is 5.11 Å². The van der Waals surface area contributed by atoms with Gasteiger partial charge in [-0.05, 0) is 59.7 Å². The molecule has 2 unspecified atom stereocenters. The molecule has 1 fully saturated rings. The largest absolute Gasteiger partial charge is 0.478 e. The number of aromatic carboxylic acids is 1. The molecule has 6 heteroatoms. The highest BCUT2D eigenvalue weighted by molar-refractivity contribution is 5.88. The van der Waals surface area contributed by atoms with Gasteiger partial charge in [-0.3, -0.25) is 4.79 Å². The van der Waals surface area contributed by atoms with Crippen LogP contribution in [-0.4, -0.2) is 28.4 Å². The molecule has 2 aromatic rings. The molecule has 0 spiro atoms. The summed E-state index contributed by atoms with van der Waals surface area (Å²) in [5.41, 5.74) is 2.78. The fourth-order valence-corrected chi connectivity index (χ4v) is 3.69. The van der Waals surface area contributed by atoms with Gasteiger partial charge in [-0.25, -0.2) is 13.6 Å². The van der Waals surface area contributed by atoms with E-state index in [1.54, 1.807) is 17.0 Å². The van der Waals surface area contributed by atoms with Crippen LogP contribution in [0.3, 0.4) is 0 Å². The Labute approximate surface area is 149 Å². The molecule has 2 atom stereocenters. The molecule has 2 aromatic carbocycles. The van der Waals surface area contributed by atoms with Gasteiger partial charge in [0.1, 0.15) is 0 Å². The maximum absolute atomic E-state index is 13.4. The van der Waals surface area contributed by atoms with Crippen LogP contribution in [0.15, 0.2) is 36.4 Å². The number of hydrogen-bond donors (Lipinski definition) is 1. The number of carboxylic acid groups (broad SMARTS) is 1. The number of rotatable bonds is 3. The van der Waals surface area contributed by atoms with Gasteiger partial charge in [0.25, 0.3) is 0 Å². The van der Waals surface area contributed by atoms with Gasteiger partial charge in [-0.1, -0.05) is 12.1 Å². The molecular formula is C20H17F2NO3. The van der Waals surface area contributed by atoms with Gasteiger partial charge in [-0.2, -0.15) is 0 Å². The number of carboxylic acids is 1. The number of halogens is 2. The number of amides is 1. The minimum absolute atomic E-state index is 0.00823. The molecule has 1 saturated carbocycles. The first-order chi connectivity index (χ1) is 12.4. The first-order valence-corrected chi connectivity index (χ1v) is 8.53. The lowest BCUT2D eigenvalue weighted by Crippen LogP contribution is -2.37. The van der Waals surface area contributed by atoms with Gasteiger partial charge in [0.15, 0.2) is 11.6 Å². The molecular weight excluding hydrogens is 340 g/mol. The van der Waals surface area contributed by atoms with Crippen molar-refractivity contribution in [2.75, 3.05) is 6.54 Å². The second-order valence-electron chi connectivity index (χ2n) is 6.92. The highest BCUT2D eigenvalue weighted by Crippen LogP contribution is 2.49. The van der Waals surface area contributed by atoms with E-state index in [9.17, 15) is 18.4 Å². The number of fused-ring (bicyclic) bond motifs is 1. The molecule has 1 aliphatic carbocycles. The molecule has 4 rings (SSSR count). The first-order valence-electron chi connectivity index (χ1n) is 8.53. The average molecular weight is 357 g/mol. The quantitative estimate of drug-likeness (QED) is 0.917. The number of carbonyl (C=O) groups is 2. The van der Waals surface area contributed by atoms with E-state index in [0.717, 1.165) is 23.3 Å². The Morgan fingerprint density at radius 2 is 1.85 bits per heavy atom. The molecule has 2 aliphatic rings. The van der Waals surface area contributed by atoms with E-state index in [0.29, 0.717) is 31.5 Å². The summed E-state index contributed by atoms with van der Waals surface area (Å²) >= 11 is 0. The van der Waals surface area contributed by atoms with Crippen LogP contribution in [0.25, 0.3) is 0 Å². The molecule has 1 heterocycles. The average Bonchev–Trinajstić information content (AvgIpc) is 3.43. The molecule has 0 bridgehead atoms. The molecule has 26 heavy (non-hydrogen) atoms. The summed E-state index contributed by atoms with van der Waals surface area (Å²) < 4.78 is 26.5. The Hall–Kier alpha value is -2.76. The summed E-state index contributed by atoms with van der Waals surface area (Å²) in [6.07, 6.45) is 1.31. The lowest BCUT2D eigenvalue weighted by Gasteiger charge is -2.29. The summed E-state index contributed by atoms with van der Waals surface area (Å²) in [7, 11) is 0. The van der Waals surface area contributed by atoms with E-state index in [1.165, 1.54) is 6.07 Å². The standard InChI is InChI=1S/C20H17F2NO3/c21-17-4-3-12(8-18(17)22)15-9-16(15)19(24)23-6-5-11-1-2-13(20(25)26)7-14(11)10-23/h1-4,7-8,15-16H,5-6,9-10H2,(H,25,26). The Morgan fingerprint density at radius 3 is 2.58 bits per heavy atom. The van der Waals surface area contributed by atoms with Crippen LogP contribution in [0.5, 0.6) is 0 Å². The van der Waals surface area contributed by atoms with Crippen LogP contribution in [0.4, 0.5) is 8.78 Å². The predicted molar refractivity (Wildman–Crippen MR) is 89.7 cm³/mol. The number of benzene rings is 2. The van der Waals surface area contributed by atoms with Gasteiger partial charge >= 0.3 is 5.97 Å². The van der Waals surface area contributed by atoms with E-state index in [2.05, 4.69) is 0 Å². The van der Waals surface area contributed by atoms with Crippen LogP contribution >= 0.6 is 0 Å². The van der Waals surface area contributed by atoms with Crippen molar-refractivity contribution in [2.45, 2.75) is 25.3 Å². The molecule has 0 aromatic heterocycles. The second kappa shape index (κ2) is 6.20. The lowest BCUT2D eigenvalue weighted by atomic mass is 9.97. The minimum atomic E-state index is -0.989. The van der Waals surface area contributed by atoms with Crippen LogP contribution in [-0.2, 0) is 17.8 Å². The summed E-state index contributed by atoms with van der Waals surface area (Å²) in [4.78, 5) is 25.6. The molecule has 1 aliphatic heterocycles. The highest BCUT2D eigenvalue weighted by atomic mass is 19.2. The fraction of sp³-hybridized carbons (Fsp3) is 0.300. The zero-order valence-electron chi connectivity index (χ0n) is 13.9. The van der Waals surface area contributed by atoms with Gasteiger partial charge in [-0.15, -0.1) is 0 Å². The van der Waals surface area contributed by atoms with Gasteiger partial charge < -0.3 is 10.0 Å². The topological polar surface area (TPSA) is 57.6 Å². The molecule has 134 valence electrons. The third kappa shape index (κ3) is 2.96. The summed E-state index contributed by atoms with van der Waals surface area (Å²) in [6.45, 7) is 0.968. The zero-order valence-corrected chi connectivity index (χ0v) is 13.9. The smallest absolute Gasteiger partial charge is 0.335 e. The van der Waals surface area contributed by atoms with Gasteiger partial charge in [0.05, 0.1) is 5.56 Å². The van der Waals surface area contributed by atoms with E-state index >= 15 is 0 Å². The molecule has 4 nitrogen and oxygen atoms in total. The van der Waals surface area contributed by atoms with Crippen molar-refractivity contribution in [3.63, 3.8) is 0 Å². The lowest BCUT2D eigenvalue weighted by molar-refractivity contribution is -0.133. The predicted octanol–water partition coefficient (Wildman–Crippen LogP) is 3.35. The molecule has 0 radical (unpaired) electrons. The highest BCUT2D eigenvalue weighted by Gasteiger charge is 2.46. The monoisotopic (exact) mass is 357 g/mol. The number of carbonyl (C=O) groups excluding carboxylic acids is 1. The second-order valence-corrected chi connectivity index (χ2v) is 6.92. The van der Waals surface area contributed by atoms with E-state index in [1.807, 2.05) is 6.07 Å². The van der Waals surface area contributed by atoms with Crippen molar-refractivity contribution >= 4 is 11.9 Å². The Balaban J connectivity index is 1.47. The maximum atomic E-state index is 13.4. The van der Waals surface area contributed by atoms with Crippen molar-refractivity contribution in [3.05, 3.63) is 70.3 Å². The van der Waals surface area contributed by atoms with Gasteiger partial charge in [0.2, 0.25) is 5.91 Å². The Kier molecular flexibility index (Phi) is 3.98. The SMILES string of the molecule is O=C(O)c1ccc2c(c1)CN(C(=O)C1CC1c1ccc(F)c(F)c1)CC2. The number of nitrogens with zero attached hydrogens (tertiary/aromatic N) is 1. The zero-order chi connectivity index (χ0) is 18.4. The summed E-state index contributed by atoms with van der Waals surface area (Å²) in [5.74, 6) is -3.08. The third-order valence-electron chi connectivity index (χ3n) is 5.26. The Bertz CT molecular complexity index is 912. The van der Waals surface area contributed by atoms with Crippen molar-refractivity contribution in [1.82, 2.24) is 4.90 Å². The van der Waals surface area contributed by atoms with Crippen LogP contribution in [0.2, 0.25) is 0 Å². The number of hydrogen-bond acceptors (Lipinski definition) is 2. The maximum Gasteiger partial charge on any atom is 0.335 e. The summed E-state index contributed by atoms with van der Waals surface area (Å²) in [6, 6.07) is 8.80. The van der Waals surface area contributed by atoms with E-state index < -0.39 is 17.6 Å². The van der Waals surface area contributed by atoms with Crippen LogP contribution in [0.1, 0.15) is 39.4 Å². The normalized spacial score (nSPS) is 21.2. The minimum Gasteiger partial charge on any atom is -0.478 e. The molecule has 1 N–H and O–H groups in total. The van der Waals surface area contributed by atoms with Crippen LogP contribution in [0, 0.1) is 17.6 Å². The molecule has 0 saturated heterocycles. The Morgan fingerprint density at radius 1 is 1.04 bits per heavy atom. The van der Waals surface area contributed by atoms with Crippen molar-refractivity contribution < 1.29 is 23.5 Å². The molecule has 1 amide bonds. The fourth-order valence-electron chi connectivity index (χ4n) is 3.69.